The number of hydrogen-bond donors (Lipinski definition) is 2. The SMILES string of the molecule is CN(C(=O)c1cc(F)c(N2CC3CC(N4CCN(c5cnc(C(=O)NC6CCC(Oc7ccc(C#N)c(Cl)c7)CC6)cn5)CC4)C[C@@H]3C2)cc1C=O)C1CCC(=O)NC1=O. The van der Waals surface area contributed by atoms with Gasteiger partial charge in [-0.1, -0.05) is 11.6 Å². The predicted octanol–water partition coefficient (Wildman–Crippen LogP) is 3.99. The molecule has 2 aliphatic carbocycles. The monoisotopic (exact) mass is 839 g/mol. The van der Waals surface area contributed by atoms with E-state index >= 15 is 4.39 Å². The average Bonchev–Trinajstić information content (AvgIpc) is 3.84. The molecule has 3 aliphatic heterocycles. The Kier molecular flexibility index (Phi) is 12.0. The molecule has 0 spiro atoms. The minimum absolute atomic E-state index is 0.00476. The van der Waals surface area contributed by atoms with Crippen LogP contribution in [0.2, 0.25) is 5.02 Å². The van der Waals surface area contributed by atoms with Crippen molar-refractivity contribution in [3.63, 3.8) is 0 Å². The van der Waals surface area contributed by atoms with E-state index in [4.69, 9.17) is 21.6 Å². The van der Waals surface area contributed by atoms with Crippen molar-refractivity contribution in [2.75, 3.05) is 56.1 Å². The Morgan fingerprint density at radius 1 is 1.00 bits per heavy atom. The van der Waals surface area contributed by atoms with E-state index in [1.54, 1.807) is 24.4 Å². The van der Waals surface area contributed by atoms with E-state index in [2.05, 4.69) is 30.4 Å². The molecule has 17 heteroatoms. The number of anilines is 2. The van der Waals surface area contributed by atoms with Crippen LogP contribution in [-0.2, 0) is 9.59 Å². The number of piperazine rings is 1. The third-order valence-corrected chi connectivity index (χ3v) is 13.3. The zero-order valence-electron chi connectivity index (χ0n) is 33.3. The molecule has 5 fully saturated rings. The van der Waals surface area contributed by atoms with Gasteiger partial charge in [0.25, 0.3) is 11.8 Å². The molecule has 4 amide bonds. The molecule has 0 bridgehead atoms. The Labute approximate surface area is 352 Å². The average molecular weight is 840 g/mol. The number of aldehydes is 1. The number of likely N-dealkylation sites (N-methyl/N-ethyl adjacent to an activating group) is 1. The molecule has 1 aromatic heterocycles. The smallest absolute Gasteiger partial charge is 0.271 e. The Hall–Kier alpha value is -5.66. The van der Waals surface area contributed by atoms with Gasteiger partial charge in [0.05, 0.1) is 40.3 Å². The number of nitriles is 1. The number of hydrogen-bond acceptors (Lipinski definition) is 12. The number of carbonyl (C=O) groups is 5. The molecule has 5 aliphatic rings. The molecule has 15 nitrogen and oxygen atoms in total. The van der Waals surface area contributed by atoms with Crippen LogP contribution in [0.25, 0.3) is 0 Å². The van der Waals surface area contributed by atoms with E-state index < -0.39 is 29.6 Å². The first kappa shape index (κ1) is 41.1. The summed E-state index contributed by atoms with van der Waals surface area (Å²) in [6, 6.07) is 9.17. The van der Waals surface area contributed by atoms with Crippen molar-refractivity contribution < 1.29 is 33.1 Å². The van der Waals surface area contributed by atoms with Crippen LogP contribution < -0.4 is 25.2 Å². The molecule has 4 atom stereocenters. The Bertz CT molecular complexity index is 2190. The second kappa shape index (κ2) is 17.5. The lowest BCUT2D eigenvalue weighted by Gasteiger charge is -2.39. The Morgan fingerprint density at radius 2 is 1.73 bits per heavy atom. The maximum Gasteiger partial charge on any atom is 0.271 e. The van der Waals surface area contributed by atoms with E-state index in [0.717, 1.165) is 81.5 Å². The molecule has 60 heavy (non-hydrogen) atoms. The number of benzene rings is 2. The second-order valence-corrected chi connectivity index (χ2v) is 17.0. The van der Waals surface area contributed by atoms with Gasteiger partial charge in [0.1, 0.15) is 35.2 Å². The fourth-order valence-corrected chi connectivity index (χ4v) is 9.82. The van der Waals surface area contributed by atoms with Crippen LogP contribution in [0.1, 0.15) is 88.1 Å². The molecule has 2 N–H and O–H groups in total. The fourth-order valence-electron chi connectivity index (χ4n) is 9.60. The number of imide groups is 1. The minimum Gasteiger partial charge on any atom is -0.490 e. The maximum atomic E-state index is 15.7. The lowest BCUT2D eigenvalue weighted by atomic mass is 9.93. The lowest BCUT2D eigenvalue weighted by Crippen LogP contribution is -2.53. The summed E-state index contributed by atoms with van der Waals surface area (Å²) in [7, 11) is 1.42. The molecular weight excluding hydrogens is 793 g/mol. The first-order chi connectivity index (χ1) is 29.0. The number of carbonyl (C=O) groups excluding carboxylic acids is 5. The number of nitrogens with zero attached hydrogens (tertiary/aromatic N) is 7. The molecule has 2 aromatic carbocycles. The van der Waals surface area contributed by atoms with Crippen LogP contribution in [-0.4, -0.2) is 120 Å². The summed E-state index contributed by atoms with van der Waals surface area (Å²) in [4.78, 5) is 79.3. The molecular formula is C43H47ClFN9O6. The molecule has 8 rings (SSSR count). The van der Waals surface area contributed by atoms with Crippen molar-refractivity contribution in [2.24, 2.45) is 11.8 Å². The van der Waals surface area contributed by atoms with Gasteiger partial charge in [-0.05, 0) is 81.0 Å². The van der Waals surface area contributed by atoms with Gasteiger partial charge in [-0.2, -0.15) is 5.26 Å². The summed E-state index contributed by atoms with van der Waals surface area (Å²) >= 11 is 6.15. The van der Waals surface area contributed by atoms with Gasteiger partial charge in [-0.3, -0.25) is 34.2 Å². The molecule has 314 valence electrons. The second-order valence-electron chi connectivity index (χ2n) is 16.5. The van der Waals surface area contributed by atoms with Crippen LogP contribution in [0.3, 0.4) is 0 Å². The number of ether oxygens (including phenoxy) is 1. The normalized spacial score (nSPS) is 25.6. The van der Waals surface area contributed by atoms with E-state index in [1.165, 1.54) is 19.3 Å². The van der Waals surface area contributed by atoms with Gasteiger partial charge in [0.15, 0.2) is 6.29 Å². The van der Waals surface area contributed by atoms with Crippen molar-refractivity contribution in [3.8, 4) is 11.8 Å². The third-order valence-electron chi connectivity index (χ3n) is 12.9. The van der Waals surface area contributed by atoms with Crippen molar-refractivity contribution in [1.82, 2.24) is 30.4 Å². The highest BCUT2D eigenvalue weighted by Gasteiger charge is 2.44. The Balaban J connectivity index is 0.780. The summed E-state index contributed by atoms with van der Waals surface area (Å²) in [5.41, 5.74) is 0.917. The Morgan fingerprint density at radius 3 is 2.37 bits per heavy atom. The molecule has 2 saturated carbocycles. The number of amides is 4. The van der Waals surface area contributed by atoms with Crippen LogP contribution in [0.4, 0.5) is 15.9 Å². The maximum absolute atomic E-state index is 15.7. The van der Waals surface area contributed by atoms with Gasteiger partial charge in [0, 0.05) is 76.5 Å². The van der Waals surface area contributed by atoms with Gasteiger partial charge in [-0.15, -0.1) is 0 Å². The third kappa shape index (κ3) is 8.64. The van der Waals surface area contributed by atoms with E-state index in [-0.39, 0.29) is 47.7 Å². The van der Waals surface area contributed by atoms with Crippen LogP contribution >= 0.6 is 11.6 Å². The highest BCUT2D eigenvalue weighted by molar-refractivity contribution is 6.31. The molecule has 3 saturated heterocycles. The first-order valence-electron chi connectivity index (χ1n) is 20.6. The highest BCUT2D eigenvalue weighted by atomic mass is 35.5. The van der Waals surface area contributed by atoms with E-state index in [0.29, 0.717) is 59.3 Å². The van der Waals surface area contributed by atoms with Gasteiger partial charge in [-0.25, -0.2) is 14.4 Å². The largest absolute Gasteiger partial charge is 0.490 e. The van der Waals surface area contributed by atoms with E-state index in [1.807, 2.05) is 11.0 Å². The summed E-state index contributed by atoms with van der Waals surface area (Å²) in [5.74, 6) is -0.397. The zero-order valence-corrected chi connectivity index (χ0v) is 34.1. The number of halogens is 2. The predicted molar refractivity (Wildman–Crippen MR) is 218 cm³/mol. The lowest BCUT2D eigenvalue weighted by molar-refractivity contribution is -0.136. The van der Waals surface area contributed by atoms with Crippen LogP contribution in [0.15, 0.2) is 42.7 Å². The van der Waals surface area contributed by atoms with Gasteiger partial charge in [0.2, 0.25) is 11.8 Å². The van der Waals surface area contributed by atoms with Crippen LogP contribution in [0, 0.1) is 29.0 Å². The molecule has 0 radical (unpaired) electrons. The fraction of sp³-hybridized carbons (Fsp3) is 0.488. The van der Waals surface area contributed by atoms with Gasteiger partial charge >= 0.3 is 0 Å². The summed E-state index contributed by atoms with van der Waals surface area (Å²) in [6.45, 7) is 4.59. The molecule has 3 unspecified atom stereocenters. The van der Waals surface area contributed by atoms with E-state index in [9.17, 15) is 24.0 Å². The summed E-state index contributed by atoms with van der Waals surface area (Å²) < 4.78 is 21.8. The number of nitrogens with one attached hydrogen (secondary N) is 2. The number of fused-ring (bicyclic) bond motifs is 1. The quantitative estimate of drug-likeness (QED) is 0.222. The molecule has 3 aromatic rings. The molecule has 4 heterocycles. The van der Waals surface area contributed by atoms with Gasteiger partial charge < -0.3 is 24.8 Å². The van der Waals surface area contributed by atoms with Crippen molar-refractivity contribution >= 4 is 53.0 Å². The topological polar surface area (TPSA) is 181 Å². The highest BCUT2D eigenvalue weighted by Crippen LogP contribution is 2.43. The summed E-state index contributed by atoms with van der Waals surface area (Å²) in [5, 5.41) is 14.8. The number of rotatable bonds is 10. The van der Waals surface area contributed by atoms with Crippen molar-refractivity contribution in [3.05, 3.63) is 75.9 Å². The first-order valence-corrected chi connectivity index (χ1v) is 21.0. The van der Waals surface area contributed by atoms with Crippen molar-refractivity contribution in [1.29, 1.82) is 5.26 Å². The zero-order chi connectivity index (χ0) is 42.1. The number of aromatic nitrogens is 2. The standard InChI is InChI=1S/C43H47ClFN9O6/c1-51(37-8-9-40(56)50-42(37)58)43(59)33-18-35(45)38(16-28(33)24-55)54-22-26-14-30(15-27(26)23-54)52-10-12-53(13-11-52)39-21-47-36(20-48-39)41(57)49-29-3-6-31(7-4-29)60-32-5-2-25(19-46)34(44)17-32/h2,5,16-18,20-21,24,26-27,29-31,37H,3-4,6-15,22-23H2,1H3,(H,49,57)(H,50,56,58)/t26-,27?,29?,30?,31?,37?/m1/s1. The minimum atomic E-state index is -0.888. The number of piperidine rings is 1. The van der Waals surface area contributed by atoms with Crippen molar-refractivity contribution in [2.45, 2.75) is 75.6 Å². The van der Waals surface area contributed by atoms with Crippen LogP contribution in [0.5, 0.6) is 5.75 Å². The summed E-state index contributed by atoms with van der Waals surface area (Å²) in [6.07, 6.45) is 9.06.